The lowest BCUT2D eigenvalue weighted by Gasteiger charge is -2.23. The van der Waals surface area contributed by atoms with Crippen LogP contribution in [0.15, 0.2) is 30.5 Å². The zero-order valence-electron chi connectivity index (χ0n) is 16.2. The number of aliphatic hydroxyl groups is 2. The van der Waals surface area contributed by atoms with Crippen molar-refractivity contribution in [3.63, 3.8) is 0 Å². The number of hydrogen-bond acceptors (Lipinski definition) is 6. The maximum Gasteiger partial charge on any atom is 0.139 e. The molecular formula is C20H28N4O4. The summed E-state index contributed by atoms with van der Waals surface area (Å²) in [6, 6.07) is 7.22. The third kappa shape index (κ3) is 5.18. The number of aromatic amines is 1. The third-order valence-corrected chi connectivity index (χ3v) is 4.69. The molecule has 0 saturated carbocycles. The van der Waals surface area contributed by atoms with Crippen molar-refractivity contribution in [2.45, 2.75) is 20.0 Å². The predicted octanol–water partition coefficient (Wildman–Crippen LogP) is 0.326. The largest absolute Gasteiger partial charge is 0.629 e. The summed E-state index contributed by atoms with van der Waals surface area (Å²) in [5.74, 6) is 0.610. The van der Waals surface area contributed by atoms with Crippen LogP contribution in [0.4, 0.5) is 5.69 Å². The van der Waals surface area contributed by atoms with Gasteiger partial charge in [-0.05, 0) is 24.3 Å². The van der Waals surface area contributed by atoms with E-state index < -0.39 is 6.10 Å². The van der Waals surface area contributed by atoms with Crippen LogP contribution in [0.1, 0.15) is 25.1 Å². The van der Waals surface area contributed by atoms with E-state index in [0.29, 0.717) is 31.1 Å². The van der Waals surface area contributed by atoms with E-state index in [1.54, 1.807) is 18.3 Å². The van der Waals surface area contributed by atoms with Gasteiger partial charge in [0.15, 0.2) is 0 Å². The van der Waals surface area contributed by atoms with Gasteiger partial charge in [0.2, 0.25) is 0 Å². The van der Waals surface area contributed by atoms with Crippen molar-refractivity contribution >= 4 is 17.3 Å². The predicted molar refractivity (Wildman–Crippen MR) is 107 cm³/mol. The summed E-state index contributed by atoms with van der Waals surface area (Å²) in [5, 5.41) is 41.6. The molecule has 8 heteroatoms. The van der Waals surface area contributed by atoms with E-state index in [0.717, 1.165) is 16.8 Å². The van der Waals surface area contributed by atoms with E-state index in [2.05, 4.69) is 15.5 Å². The Morgan fingerprint density at radius 2 is 2.25 bits per heavy atom. The van der Waals surface area contributed by atoms with Gasteiger partial charge >= 0.3 is 0 Å². The number of nitrogens with zero attached hydrogens (tertiary/aromatic N) is 1. The minimum atomic E-state index is -0.676. The van der Waals surface area contributed by atoms with Crippen LogP contribution in [0, 0.1) is 10.6 Å². The summed E-state index contributed by atoms with van der Waals surface area (Å²) in [5.41, 5.74) is 3.07. The first-order chi connectivity index (χ1) is 13.4. The van der Waals surface area contributed by atoms with Gasteiger partial charge in [0, 0.05) is 48.5 Å². The first-order valence-electron chi connectivity index (χ1n) is 9.38. The average molecular weight is 388 g/mol. The standard InChI is InChI=1S/C20H28N4O4/c1-20(2,13-25)12-21-9-16(26)11-28-17-3-4-19-18(8-17)14(10-24(19)27)7-15-5-6-22-23-15/h3-8,16,21,24-26H,9-13H2,1-2H3,(H,22,23). The second-order valence-corrected chi connectivity index (χ2v) is 7.91. The third-order valence-electron chi connectivity index (χ3n) is 4.69. The Morgan fingerprint density at radius 3 is 2.96 bits per heavy atom. The van der Waals surface area contributed by atoms with Gasteiger partial charge in [-0.25, -0.2) is 0 Å². The molecule has 0 aliphatic carbocycles. The van der Waals surface area contributed by atoms with Gasteiger partial charge in [0.25, 0.3) is 0 Å². The van der Waals surface area contributed by atoms with E-state index in [1.165, 1.54) is 0 Å². The molecule has 1 aliphatic rings. The fourth-order valence-electron chi connectivity index (χ4n) is 3.03. The van der Waals surface area contributed by atoms with Crippen molar-refractivity contribution in [3.05, 3.63) is 46.9 Å². The molecule has 3 rings (SSSR count). The van der Waals surface area contributed by atoms with Crippen LogP contribution in [0.2, 0.25) is 0 Å². The maximum absolute atomic E-state index is 12.2. The summed E-state index contributed by atoms with van der Waals surface area (Å²) >= 11 is 0. The van der Waals surface area contributed by atoms with Crippen LogP contribution in [-0.2, 0) is 0 Å². The highest BCUT2D eigenvalue weighted by molar-refractivity contribution is 5.87. The lowest BCUT2D eigenvalue weighted by Crippen LogP contribution is -3.00. The summed E-state index contributed by atoms with van der Waals surface area (Å²) in [7, 11) is 0. The molecule has 8 nitrogen and oxygen atoms in total. The molecule has 1 aromatic carbocycles. The first-order valence-corrected chi connectivity index (χ1v) is 9.38. The molecule has 2 unspecified atom stereocenters. The van der Waals surface area contributed by atoms with Crippen LogP contribution in [-0.4, -0.2) is 59.4 Å². The SMILES string of the molecule is CC(C)(CO)CNCC(O)COc1ccc2c(c1)C(=Cc1ccn[nH]1)C[NH+]2[O-]. The number of H-pyrrole nitrogens is 1. The number of aliphatic hydroxyl groups excluding tert-OH is 2. The molecule has 0 bridgehead atoms. The molecule has 0 saturated heterocycles. The van der Waals surface area contributed by atoms with E-state index in [9.17, 15) is 15.4 Å². The lowest BCUT2D eigenvalue weighted by molar-refractivity contribution is -0.762. The molecule has 1 aromatic heterocycles. The second-order valence-electron chi connectivity index (χ2n) is 7.91. The van der Waals surface area contributed by atoms with E-state index >= 15 is 0 Å². The molecule has 5 N–H and O–H groups in total. The minimum Gasteiger partial charge on any atom is -0.629 e. The molecule has 0 spiro atoms. The van der Waals surface area contributed by atoms with Crippen molar-refractivity contribution in [2.75, 3.05) is 32.8 Å². The van der Waals surface area contributed by atoms with Gasteiger partial charge in [-0.3, -0.25) is 5.10 Å². The highest BCUT2D eigenvalue weighted by Crippen LogP contribution is 2.30. The Labute approximate surface area is 164 Å². The quantitative estimate of drug-likeness (QED) is 0.395. The summed E-state index contributed by atoms with van der Waals surface area (Å²) in [4.78, 5) is 0. The normalized spacial score (nSPS) is 19.0. The van der Waals surface area contributed by atoms with Gasteiger partial charge in [0.1, 0.15) is 30.7 Å². The first kappa shape index (κ1) is 20.5. The maximum atomic E-state index is 12.2. The molecule has 2 heterocycles. The number of fused-ring (bicyclic) bond motifs is 1. The molecule has 2 aromatic rings. The molecule has 152 valence electrons. The van der Waals surface area contributed by atoms with E-state index in [-0.39, 0.29) is 23.7 Å². The lowest BCUT2D eigenvalue weighted by atomic mass is 9.95. The van der Waals surface area contributed by atoms with Crippen LogP contribution in [0.3, 0.4) is 0 Å². The number of quaternary nitrogens is 1. The summed E-state index contributed by atoms with van der Waals surface area (Å²) in [6.07, 6.45) is 2.91. The van der Waals surface area contributed by atoms with Gasteiger partial charge in [-0.15, -0.1) is 0 Å². The van der Waals surface area contributed by atoms with Gasteiger partial charge in [-0.2, -0.15) is 5.10 Å². The number of hydroxylamine groups is 1. The molecule has 0 radical (unpaired) electrons. The van der Waals surface area contributed by atoms with Crippen molar-refractivity contribution in [1.82, 2.24) is 15.5 Å². The summed E-state index contributed by atoms with van der Waals surface area (Å²) in [6.45, 7) is 5.44. The number of ether oxygens (including phenoxy) is 1. The molecule has 1 aliphatic heterocycles. The van der Waals surface area contributed by atoms with Gasteiger partial charge < -0.3 is 30.5 Å². The monoisotopic (exact) mass is 388 g/mol. The van der Waals surface area contributed by atoms with Crippen LogP contribution in [0.5, 0.6) is 5.75 Å². The van der Waals surface area contributed by atoms with Crippen molar-refractivity contribution in [2.24, 2.45) is 5.41 Å². The van der Waals surface area contributed by atoms with Crippen molar-refractivity contribution in [3.8, 4) is 5.75 Å². The fraction of sp³-hybridized carbons (Fsp3) is 0.450. The average Bonchev–Trinajstić information content (AvgIpc) is 3.28. The number of nitrogens with one attached hydrogen (secondary N) is 3. The van der Waals surface area contributed by atoms with Gasteiger partial charge in [0.05, 0.1) is 5.69 Å². The van der Waals surface area contributed by atoms with E-state index in [4.69, 9.17) is 4.74 Å². The smallest absolute Gasteiger partial charge is 0.139 e. The van der Waals surface area contributed by atoms with Crippen molar-refractivity contribution in [1.29, 1.82) is 0 Å². The highest BCUT2D eigenvalue weighted by Gasteiger charge is 2.25. The zero-order valence-corrected chi connectivity index (χ0v) is 16.2. The van der Waals surface area contributed by atoms with Gasteiger partial charge in [-0.1, -0.05) is 13.8 Å². The Hall–Kier alpha value is -2.23. The van der Waals surface area contributed by atoms with Crippen LogP contribution < -0.4 is 15.1 Å². The zero-order chi connectivity index (χ0) is 20.1. The Kier molecular flexibility index (Phi) is 6.48. The van der Waals surface area contributed by atoms with Crippen LogP contribution >= 0.6 is 0 Å². The Bertz CT molecular complexity index is 805. The second kappa shape index (κ2) is 8.85. The van der Waals surface area contributed by atoms with Crippen molar-refractivity contribution < 1.29 is 20.0 Å². The molecule has 28 heavy (non-hydrogen) atoms. The molecular weight excluding hydrogens is 360 g/mol. The Balaban J connectivity index is 1.59. The molecule has 0 fully saturated rings. The van der Waals surface area contributed by atoms with Crippen LogP contribution in [0.25, 0.3) is 11.6 Å². The highest BCUT2D eigenvalue weighted by atomic mass is 16.5. The fourth-order valence-corrected chi connectivity index (χ4v) is 3.03. The Morgan fingerprint density at radius 1 is 1.43 bits per heavy atom. The molecule has 0 amide bonds. The topological polar surface area (TPSA) is 118 Å². The summed E-state index contributed by atoms with van der Waals surface area (Å²) < 4.78 is 5.72. The van der Waals surface area contributed by atoms with E-state index in [1.807, 2.05) is 32.1 Å². The molecule has 2 atom stereocenters. The number of rotatable bonds is 9. The number of benzene rings is 1. The number of hydrogen-bond donors (Lipinski definition) is 5. The number of aromatic nitrogens is 2. The minimum absolute atomic E-state index is 0.0782.